The Morgan fingerprint density at radius 3 is 2.65 bits per heavy atom. The predicted octanol–water partition coefficient (Wildman–Crippen LogP) is -0.0912. The van der Waals surface area contributed by atoms with Gasteiger partial charge in [-0.15, -0.1) is 0 Å². The molecule has 1 aromatic rings. The quantitative estimate of drug-likeness (QED) is 0.768. The molecule has 2 rings (SSSR count). The summed E-state index contributed by atoms with van der Waals surface area (Å²) in [7, 11) is -3.17. The van der Waals surface area contributed by atoms with Crippen LogP contribution in [0.25, 0.3) is 0 Å². The Morgan fingerprint density at radius 2 is 2.06 bits per heavy atom. The van der Waals surface area contributed by atoms with E-state index in [9.17, 15) is 13.2 Å². The van der Waals surface area contributed by atoms with Gasteiger partial charge in [0.15, 0.2) is 9.84 Å². The molecule has 0 radical (unpaired) electrons. The molecule has 7 nitrogen and oxygen atoms in total. The zero-order valence-electron chi connectivity index (χ0n) is 8.70. The number of urea groups is 1. The van der Waals surface area contributed by atoms with Crippen LogP contribution in [0, 0.1) is 0 Å². The maximum absolute atomic E-state index is 11.4. The summed E-state index contributed by atoms with van der Waals surface area (Å²) in [6.07, 6.45) is 4.41. The maximum Gasteiger partial charge on any atom is 0.322 e. The third-order valence-corrected chi connectivity index (χ3v) is 3.43. The maximum atomic E-state index is 11.4. The second kappa shape index (κ2) is 4.50. The van der Waals surface area contributed by atoms with E-state index in [-0.39, 0.29) is 11.7 Å². The van der Waals surface area contributed by atoms with Gasteiger partial charge in [0.25, 0.3) is 0 Å². The molecule has 8 heteroatoms. The van der Waals surface area contributed by atoms with Crippen LogP contribution in [0.15, 0.2) is 29.9 Å². The van der Waals surface area contributed by atoms with Crippen LogP contribution < -0.4 is 10.6 Å². The minimum absolute atomic E-state index is 0.115. The lowest BCUT2D eigenvalue weighted by atomic mass is 10.3. The van der Waals surface area contributed by atoms with Crippen LogP contribution in [-0.2, 0) is 9.84 Å². The van der Waals surface area contributed by atoms with E-state index in [2.05, 4.69) is 20.6 Å². The summed E-state index contributed by atoms with van der Waals surface area (Å²) in [6.45, 7) is 0. The van der Waals surface area contributed by atoms with Gasteiger partial charge >= 0.3 is 6.03 Å². The van der Waals surface area contributed by atoms with E-state index < -0.39 is 21.9 Å². The number of hydrogen-bond donors (Lipinski definition) is 2. The number of amides is 2. The molecule has 1 atom stereocenters. The smallest absolute Gasteiger partial charge is 0.322 e. The predicted molar refractivity (Wildman–Crippen MR) is 60.9 cm³/mol. The number of nitrogens with one attached hydrogen (secondary N) is 2. The molecule has 0 aromatic carbocycles. The lowest BCUT2D eigenvalue weighted by molar-refractivity contribution is 0.251. The van der Waals surface area contributed by atoms with Gasteiger partial charge in [-0.05, 0) is 12.1 Å². The lowest BCUT2D eigenvalue weighted by Gasteiger charge is -2.09. The monoisotopic (exact) mass is 254 g/mol. The Labute approximate surface area is 97.9 Å². The van der Waals surface area contributed by atoms with Crippen molar-refractivity contribution in [3.63, 3.8) is 0 Å². The van der Waals surface area contributed by atoms with Crippen molar-refractivity contribution in [2.45, 2.75) is 6.04 Å². The molecule has 1 aliphatic rings. The van der Waals surface area contributed by atoms with Crippen molar-refractivity contribution in [3.05, 3.63) is 29.9 Å². The summed E-state index contributed by atoms with van der Waals surface area (Å²) >= 11 is 0. The number of carbonyl (C=O) groups is 1. The van der Waals surface area contributed by atoms with Gasteiger partial charge < -0.3 is 5.32 Å². The molecule has 17 heavy (non-hydrogen) atoms. The molecule has 0 saturated carbocycles. The molecule has 0 unspecified atom stereocenters. The molecule has 2 amide bonds. The first kappa shape index (κ1) is 11.5. The molecule has 1 aliphatic heterocycles. The van der Waals surface area contributed by atoms with E-state index >= 15 is 0 Å². The van der Waals surface area contributed by atoms with Gasteiger partial charge in [-0.1, -0.05) is 0 Å². The highest BCUT2D eigenvalue weighted by Gasteiger charge is 2.23. The van der Waals surface area contributed by atoms with Crippen LogP contribution in [0.2, 0.25) is 0 Å². The molecule has 0 saturated heterocycles. The van der Waals surface area contributed by atoms with Gasteiger partial charge in [-0.2, -0.15) is 0 Å². The van der Waals surface area contributed by atoms with Crippen molar-refractivity contribution in [2.24, 2.45) is 0 Å². The Bertz CT molecular complexity index is 541. The standard InChI is InChI=1S/C9H10N4O3S/c14-9(13-8-10-3-1-4-11-8)12-7-2-5-17(15,16)6-7/h1-5,7H,6H2,(H2,10,11,12,13,14)/t7-/m1/s1. The fourth-order valence-corrected chi connectivity index (χ4v) is 2.57. The zero-order chi connectivity index (χ0) is 12.3. The van der Waals surface area contributed by atoms with E-state index in [4.69, 9.17) is 0 Å². The Morgan fingerprint density at radius 1 is 1.35 bits per heavy atom. The highest BCUT2D eigenvalue weighted by molar-refractivity contribution is 7.94. The highest BCUT2D eigenvalue weighted by Crippen LogP contribution is 2.07. The van der Waals surface area contributed by atoms with Crippen LogP contribution in [-0.4, -0.2) is 36.2 Å². The second-order valence-corrected chi connectivity index (χ2v) is 5.37. The number of nitrogens with zero attached hydrogens (tertiary/aromatic N) is 2. The lowest BCUT2D eigenvalue weighted by Crippen LogP contribution is -2.38. The van der Waals surface area contributed by atoms with Gasteiger partial charge in [0.05, 0.1) is 11.8 Å². The summed E-state index contributed by atoms with van der Waals surface area (Å²) in [6, 6.07) is 0.571. The van der Waals surface area contributed by atoms with E-state index in [1.165, 1.54) is 18.5 Å². The molecule has 0 fully saturated rings. The zero-order valence-corrected chi connectivity index (χ0v) is 9.52. The molecule has 90 valence electrons. The number of rotatable bonds is 2. The molecule has 1 aromatic heterocycles. The van der Waals surface area contributed by atoms with E-state index in [0.717, 1.165) is 5.41 Å². The molecule has 0 spiro atoms. The number of aromatic nitrogens is 2. The molecule has 2 N–H and O–H groups in total. The van der Waals surface area contributed by atoms with Gasteiger partial charge in [-0.25, -0.2) is 23.2 Å². The average Bonchev–Trinajstić information content (AvgIpc) is 2.59. The van der Waals surface area contributed by atoms with Crippen molar-refractivity contribution < 1.29 is 13.2 Å². The molecular formula is C9H10N4O3S. The van der Waals surface area contributed by atoms with Crippen molar-refractivity contribution in [1.29, 1.82) is 0 Å². The van der Waals surface area contributed by atoms with Gasteiger partial charge in [-0.3, -0.25) is 5.32 Å². The molecule has 0 aliphatic carbocycles. The van der Waals surface area contributed by atoms with Crippen LogP contribution in [0.3, 0.4) is 0 Å². The second-order valence-electron chi connectivity index (χ2n) is 3.44. The summed E-state index contributed by atoms with van der Waals surface area (Å²) in [5, 5.41) is 5.98. The topological polar surface area (TPSA) is 101 Å². The first-order valence-electron chi connectivity index (χ1n) is 4.81. The molecular weight excluding hydrogens is 244 g/mol. The normalized spacial score (nSPS) is 21.1. The number of carbonyl (C=O) groups excluding carboxylic acids is 1. The fraction of sp³-hybridized carbons (Fsp3) is 0.222. The van der Waals surface area contributed by atoms with Crippen LogP contribution in [0.4, 0.5) is 10.7 Å². The summed E-state index contributed by atoms with van der Waals surface area (Å²) in [5.74, 6) is 0.0469. The average molecular weight is 254 g/mol. The Hall–Kier alpha value is -1.96. The highest BCUT2D eigenvalue weighted by atomic mass is 32.2. The van der Waals surface area contributed by atoms with Crippen LogP contribution in [0.5, 0.6) is 0 Å². The van der Waals surface area contributed by atoms with Crippen molar-refractivity contribution in [2.75, 3.05) is 11.1 Å². The number of sulfone groups is 1. The molecule has 2 heterocycles. The van der Waals surface area contributed by atoms with Crippen molar-refractivity contribution in [1.82, 2.24) is 15.3 Å². The minimum atomic E-state index is -3.17. The van der Waals surface area contributed by atoms with E-state index in [0.29, 0.717) is 0 Å². The summed E-state index contributed by atoms with van der Waals surface area (Å²) in [4.78, 5) is 19.1. The van der Waals surface area contributed by atoms with Gasteiger partial charge in [0, 0.05) is 17.8 Å². The third kappa shape index (κ3) is 3.25. The van der Waals surface area contributed by atoms with Crippen LogP contribution >= 0.6 is 0 Å². The summed E-state index contributed by atoms with van der Waals surface area (Å²) in [5.41, 5.74) is 0. The number of anilines is 1. The van der Waals surface area contributed by atoms with Crippen molar-refractivity contribution >= 4 is 21.8 Å². The van der Waals surface area contributed by atoms with Crippen molar-refractivity contribution in [3.8, 4) is 0 Å². The van der Waals surface area contributed by atoms with Gasteiger partial charge in [0.1, 0.15) is 0 Å². The van der Waals surface area contributed by atoms with E-state index in [1.54, 1.807) is 6.07 Å². The third-order valence-electron chi connectivity index (χ3n) is 2.04. The fourth-order valence-electron chi connectivity index (χ4n) is 1.34. The van der Waals surface area contributed by atoms with Crippen LogP contribution in [0.1, 0.15) is 0 Å². The first-order valence-corrected chi connectivity index (χ1v) is 6.52. The largest absolute Gasteiger partial charge is 0.331 e. The summed E-state index contributed by atoms with van der Waals surface area (Å²) < 4.78 is 22.2. The Balaban J connectivity index is 1.89. The number of hydrogen-bond acceptors (Lipinski definition) is 5. The SMILES string of the molecule is O=C(Nc1ncccn1)N[C@@H]1C=CS(=O)(=O)C1. The Kier molecular flexibility index (Phi) is 3.05. The van der Waals surface area contributed by atoms with E-state index in [1.807, 2.05) is 0 Å². The first-order chi connectivity index (χ1) is 8.05. The molecule has 0 bridgehead atoms. The minimum Gasteiger partial charge on any atom is -0.331 e. The van der Waals surface area contributed by atoms with Gasteiger partial charge in [0.2, 0.25) is 5.95 Å².